The molecule has 0 saturated heterocycles. The number of anilines is 1. The molecule has 0 aliphatic rings. The quantitative estimate of drug-likeness (QED) is 0.747. The minimum atomic E-state index is -4.10. The van der Waals surface area contributed by atoms with E-state index in [0.717, 1.165) is 28.6 Å². The Labute approximate surface area is 144 Å². The van der Waals surface area contributed by atoms with Gasteiger partial charge in [0.25, 0.3) is 10.0 Å². The van der Waals surface area contributed by atoms with Crippen LogP contribution in [0.25, 0.3) is 10.9 Å². The van der Waals surface area contributed by atoms with E-state index in [1.807, 2.05) is 19.9 Å². The first-order chi connectivity index (χ1) is 11.3. The number of fused-ring (bicyclic) bond motifs is 1. The molecule has 4 nitrogen and oxygen atoms in total. The molecule has 0 spiro atoms. The van der Waals surface area contributed by atoms with Crippen LogP contribution in [0.1, 0.15) is 11.1 Å². The monoisotopic (exact) mass is 364 g/mol. The third-order valence-electron chi connectivity index (χ3n) is 3.85. The lowest BCUT2D eigenvalue weighted by Gasteiger charge is -2.12. The van der Waals surface area contributed by atoms with E-state index in [-0.39, 0.29) is 5.02 Å². The minimum absolute atomic E-state index is 0.129. The van der Waals surface area contributed by atoms with Crippen molar-refractivity contribution in [2.75, 3.05) is 4.72 Å². The minimum Gasteiger partial charge on any atom is -0.277 e. The van der Waals surface area contributed by atoms with Gasteiger partial charge in [0.1, 0.15) is 10.7 Å². The number of hydrogen-bond acceptors (Lipinski definition) is 3. The summed E-state index contributed by atoms with van der Waals surface area (Å²) in [4.78, 5) is 3.85. The van der Waals surface area contributed by atoms with Gasteiger partial charge in [0, 0.05) is 16.6 Å². The molecular formula is C17H14ClFN2O2S. The van der Waals surface area contributed by atoms with E-state index in [4.69, 9.17) is 11.6 Å². The summed E-state index contributed by atoms with van der Waals surface area (Å²) in [6.07, 6.45) is 1.68. The number of aromatic nitrogens is 1. The SMILES string of the molecule is Cc1cnc2c(NS(=O)(=O)c3ccc(Cl)cc3F)cccc2c1C. The Hall–Kier alpha value is -2.18. The van der Waals surface area contributed by atoms with Crippen molar-refractivity contribution in [1.29, 1.82) is 0 Å². The van der Waals surface area contributed by atoms with Gasteiger partial charge in [-0.05, 0) is 49.2 Å². The summed E-state index contributed by atoms with van der Waals surface area (Å²) in [5.74, 6) is -0.907. The maximum atomic E-state index is 14.0. The molecule has 24 heavy (non-hydrogen) atoms. The second kappa shape index (κ2) is 6.03. The fraction of sp³-hybridized carbons (Fsp3) is 0.118. The third kappa shape index (κ3) is 2.95. The van der Waals surface area contributed by atoms with Crippen LogP contribution in [0.3, 0.4) is 0 Å². The van der Waals surface area contributed by atoms with E-state index in [9.17, 15) is 12.8 Å². The van der Waals surface area contributed by atoms with Crippen molar-refractivity contribution in [3.8, 4) is 0 Å². The lowest BCUT2D eigenvalue weighted by atomic mass is 10.1. The predicted molar refractivity (Wildman–Crippen MR) is 93.4 cm³/mol. The number of pyridine rings is 1. The molecule has 1 heterocycles. The standard InChI is InChI=1S/C17H14ClFN2O2S/c1-10-9-20-17-13(11(10)2)4-3-5-15(17)21-24(22,23)16-7-6-12(18)8-14(16)19/h3-9,21H,1-2H3. The van der Waals surface area contributed by atoms with Crippen LogP contribution in [0.2, 0.25) is 5.02 Å². The number of benzene rings is 2. The number of rotatable bonds is 3. The largest absolute Gasteiger partial charge is 0.277 e. The molecule has 0 bridgehead atoms. The van der Waals surface area contributed by atoms with Gasteiger partial charge in [0.2, 0.25) is 0 Å². The number of nitrogens with zero attached hydrogens (tertiary/aromatic N) is 1. The van der Waals surface area contributed by atoms with Crippen LogP contribution in [0.5, 0.6) is 0 Å². The van der Waals surface area contributed by atoms with Gasteiger partial charge in [-0.15, -0.1) is 0 Å². The first-order valence-electron chi connectivity index (χ1n) is 7.12. The van der Waals surface area contributed by atoms with Crippen molar-refractivity contribution < 1.29 is 12.8 Å². The van der Waals surface area contributed by atoms with E-state index in [1.54, 1.807) is 18.3 Å². The maximum Gasteiger partial charge on any atom is 0.264 e. The highest BCUT2D eigenvalue weighted by molar-refractivity contribution is 7.92. The summed E-state index contributed by atoms with van der Waals surface area (Å²) < 4.78 is 41.4. The van der Waals surface area contributed by atoms with Gasteiger partial charge < -0.3 is 0 Å². The van der Waals surface area contributed by atoms with Crippen molar-refractivity contribution in [3.05, 3.63) is 64.6 Å². The number of hydrogen-bond donors (Lipinski definition) is 1. The van der Waals surface area contributed by atoms with E-state index < -0.39 is 20.7 Å². The Bertz CT molecular complexity index is 1050. The van der Waals surface area contributed by atoms with Crippen LogP contribution < -0.4 is 4.72 Å². The Morgan fingerprint density at radius 1 is 1.17 bits per heavy atom. The van der Waals surface area contributed by atoms with E-state index in [1.165, 1.54) is 6.07 Å². The fourth-order valence-corrected chi connectivity index (χ4v) is 3.72. The summed E-state index contributed by atoms with van der Waals surface area (Å²) in [5.41, 5.74) is 2.83. The average Bonchev–Trinajstić information content (AvgIpc) is 2.50. The average molecular weight is 365 g/mol. The molecule has 2 aromatic carbocycles. The summed E-state index contributed by atoms with van der Waals surface area (Å²) >= 11 is 5.67. The number of nitrogens with one attached hydrogen (secondary N) is 1. The Balaban J connectivity index is 2.11. The summed E-state index contributed by atoms with van der Waals surface area (Å²) in [7, 11) is -4.10. The molecule has 1 N–H and O–H groups in total. The molecule has 124 valence electrons. The van der Waals surface area contributed by atoms with E-state index >= 15 is 0 Å². The number of halogens is 2. The summed E-state index contributed by atoms with van der Waals surface area (Å²) in [6.45, 7) is 3.87. The number of aryl methyl sites for hydroxylation is 2. The van der Waals surface area contributed by atoms with E-state index in [0.29, 0.717) is 11.2 Å². The smallest absolute Gasteiger partial charge is 0.264 e. The van der Waals surface area contributed by atoms with Crippen LogP contribution in [0, 0.1) is 19.7 Å². The molecule has 0 unspecified atom stereocenters. The van der Waals surface area contributed by atoms with Crippen molar-refractivity contribution in [1.82, 2.24) is 4.98 Å². The first kappa shape index (κ1) is 16.7. The van der Waals surface area contributed by atoms with Gasteiger partial charge in [-0.2, -0.15) is 0 Å². The van der Waals surface area contributed by atoms with Crippen molar-refractivity contribution in [3.63, 3.8) is 0 Å². The Kier molecular flexibility index (Phi) is 4.19. The molecule has 0 fully saturated rings. The highest BCUT2D eigenvalue weighted by atomic mass is 35.5. The van der Waals surface area contributed by atoms with Crippen molar-refractivity contribution in [2.45, 2.75) is 18.7 Å². The second-order valence-electron chi connectivity index (χ2n) is 5.45. The summed E-state index contributed by atoms with van der Waals surface area (Å²) in [5, 5.41) is 0.969. The second-order valence-corrected chi connectivity index (χ2v) is 7.54. The fourth-order valence-electron chi connectivity index (χ4n) is 2.43. The highest BCUT2D eigenvalue weighted by Gasteiger charge is 2.20. The van der Waals surface area contributed by atoms with Crippen LogP contribution in [0.15, 0.2) is 47.5 Å². The lowest BCUT2D eigenvalue weighted by molar-refractivity contribution is 0.570. The van der Waals surface area contributed by atoms with Crippen LogP contribution in [0.4, 0.5) is 10.1 Å². The third-order valence-corrected chi connectivity index (χ3v) is 5.48. The molecule has 3 rings (SSSR count). The molecule has 1 aromatic heterocycles. The molecule has 3 aromatic rings. The van der Waals surface area contributed by atoms with Crippen LogP contribution in [-0.4, -0.2) is 13.4 Å². The molecule has 0 aliphatic carbocycles. The first-order valence-corrected chi connectivity index (χ1v) is 8.98. The van der Waals surface area contributed by atoms with Gasteiger partial charge in [-0.1, -0.05) is 23.7 Å². The van der Waals surface area contributed by atoms with Crippen molar-refractivity contribution in [2.24, 2.45) is 0 Å². The van der Waals surface area contributed by atoms with Gasteiger partial charge in [0.15, 0.2) is 0 Å². The molecule has 0 atom stereocenters. The molecular weight excluding hydrogens is 351 g/mol. The summed E-state index contributed by atoms with van der Waals surface area (Å²) in [6, 6.07) is 8.61. The normalized spacial score (nSPS) is 11.7. The topological polar surface area (TPSA) is 59.1 Å². The zero-order chi connectivity index (χ0) is 17.5. The van der Waals surface area contributed by atoms with E-state index in [2.05, 4.69) is 9.71 Å². The lowest BCUT2D eigenvalue weighted by Crippen LogP contribution is -2.15. The zero-order valence-corrected chi connectivity index (χ0v) is 14.5. The molecule has 0 radical (unpaired) electrons. The van der Waals surface area contributed by atoms with Gasteiger partial charge in [-0.3, -0.25) is 9.71 Å². The number of para-hydroxylation sites is 1. The van der Waals surface area contributed by atoms with Gasteiger partial charge in [-0.25, -0.2) is 12.8 Å². The van der Waals surface area contributed by atoms with Crippen molar-refractivity contribution >= 4 is 38.2 Å². The molecule has 0 amide bonds. The van der Waals surface area contributed by atoms with Crippen LogP contribution >= 0.6 is 11.6 Å². The van der Waals surface area contributed by atoms with Crippen LogP contribution in [-0.2, 0) is 10.0 Å². The maximum absolute atomic E-state index is 14.0. The Morgan fingerprint density at radius 3 is 2.62 bits per heavy atom. The Morgan fingerprint density at radius 2 is 1.92 bits per heavy atom. The van der Waals surface area contributed by atoms with Gasteiger partial charge >= 0.3 is 0 Å². The predicted octanol–water partition coefficient (Wildman–Crippen LogP) is 4.44. The molecule has 0 saturated carbocycles. The molecule has 7 heteroatoms. The highest BCUT2D eigenvalue weighted by Crippen LogP contribution is 2.28. The zero-order valence-electron chi connectivity index (χ0n) is 13.0. The molecule has 0 aliphatic heterocycles. The number of sulfonamides is 1. The van der Waals surface area contributed by atoms with Gasteiger partial charge in [0.05, 0.1) is 11.2 Å².